The molecule has 2 aromatic heterocycles. The molecular formula is C24H32N6O2. The number of nitrogens with zero attached hydrogens (tertiary/aromatic N) is 3. The summed E-state index contributed by atoms with van der Waals surface area (Å²) in [5, 5.41) is 7.14. The van der Waals surface area contributed by atoms with Gasteiger partial charge in [-0.15, -0.1) is 0 Å². The van der Waals surface area contributed by atoms with E-state index in [2.05, 4.69) is 30.6 Å². The van der Waals surface area contributed by atoms with Gasteiger partial charge in [-0.25, -0.2) is 9.97 Å². The number of aromatic nitrogens is 3. The van der Waals surface area contributed by atoms with Crippen LogP contribution < -0.4 is 15.4 Å². The molecule has 0 saturated carbocycles. The zero-order valence-electron chi connectivity index (χ0n) is 19.5. The van der Waals surface area contributed by atoms with Gasteiger partial charge in [0.25, 0.3) is 0 Å². The lowest BCUT2D eigenvalue weighted by atomic mass is 10.0. The highest BCUT2D eigenvalue weighted by molar-refractivity contribution is 6.04. The summed E-state index contributed by atoms with van der Waals surface area (Å²) in [6.45, 7) is 8.32. The molecule has 0 fully saturated rings. The van der Waals surface area contributed by atoms with Gasteiger partial charge < -0.3 is 9.72 Å². The standard InChI is InChI=1S/C24H32N6O2/c1-6-17(7-2)22(31)29-23(30-24-27-15(3)12-16(4)28-24)25-11-10-18-14-26-21-9-8-19(32-5)13-20(18)21/h8-9,12-14,17,26H,6-7,10-11H2,1-5H3,(H2,25,27,28,29,30,31). The maximum Gasteiger partial charge on any atom is 0.229 e. The monoisotopic (exact) mass is 436 g/mol. The number of aromatic amines is 1. The predicted molar refractivity (Wildman–Crippen MR) is 128 cm³/mol. The van der Waals surface area contributed by atoms with Crippen molar-refractivity contribution < 1.29 is 9.53 Å². The minimum absolute atomic E-state index is 0.0533. The summed E-state index contributed by atoms with van der Waals surface area (Å²) in [4.78, 5) is 29.4. The normalized spacial score (nSPS) is 11.8. The topological polar surface area (TPSA) is 104 Å². The number of fused-ring (bicyclic) bond motifs is 1. The zero-order chi connectivity index (χ0) is 23.1. The summed E-state index contributed by atoms with van der Waals surface area (Å²) >= 11 is 0. The second kappa shape index (κ2) is 10.7. The predicted octanol–water partition coefficient (Wildman–Crippen LogP) is 4.15. The van der Waals surface area contributed by atoms with Gasteiger partial charge in [0, 0.05) is 41.0 Å². The maximum absolute atomic E-state index is 12.7. The number of hydrogen-bond acceptors (Lipinski definition) is 5. The number of nitrogens with one attached hydrogen (secondary N) is 3. The molecule has 0 spiro atoms. The fourth-order valence-electron chi connectivity index (χ4n) is 3.66. The van der Waals surface area contributed by atoms with Crippen molar-refractivity contribution in [3.05, 3.63) is 47.4 Å². The van der Waals surface area contributed by atoms with Gasteiger partial charge in [-0.2, -0.15) is 0 Å². The van der Waals surface area contributed by atoms with Crippen molar-refractivity contribution >= 4 is 28.7 Å². The van der Waals surface area contributed by atoms with Crippen LogP contribution in [-0.2, 0) is 11.2 Å². The van der Waals surface area contributed by atoms with Gasteiger partial charge in [0.1, 0.15) is 5.75 Å². The third kappa shape index (κ3) is 5.84. The fraction of sp³-hybridized carbons (Fsp3) is 0.417. The van der Waals surface area contributed by atoms with E-state index in [1.165, 1.54) is 0 Å². The van der Waals surface area contributed by atoms with Crippen molar-refractivity contribution in [3.63, 3.8) is 0 Å². The SMILES string of the molecule is CCC(CC)C(=O)NC(=NCCc1c[nH]c2ccc(OC)cc12)Nc1nc(C)cc(C)n1. The number of amides is 1. The highest BCUT2D eigenvalue weighted by Gasteiger charge is 2.17. The Kier molecular flexibility index (Phi) is 7.81. The molecule has 0 aliphatic heterocycles. The molecule has 170 valence electrons. The lowest BCUT2D eigenvalue weighted by Crippen LogP contribution is -2.40. The Balaban J connectivity index is 1.79. The van der Waals surface area contributed by atoms with E-state index in [-0.39, 0.29) is 11.8 Å². The van der Waals surface area contributed by atoms with Crippen LogP contribution in [0.5, 0.6) is 5.75 Å². The largest absolute Gasteiger partial charge is 0.497 e. The van der Waals surface area contributed by atoms with Crippen LogP contribution in [-0.4, -0.2) is 40.5 Å². The van der Waals surface area contributed by atoms with Gasteiger partial charge in [0.2, 0.25) is 17.8 Å². The number of rotatable bonds is 8. The molecular weight excluding hydrogens is 404 g/mol. The second-order valence-electron chi connectivity index (χ2n) is 7.81. The van der Waals surface area contributed by atoms with E-state index < -0.39 is 0 Å². The van der Waals surface area contributed by atoms with E-state index in [1.807, 2.05) is 58.2 Å². The van der Waals surface area contributed by atoms with Crippen molar-refractivity contribution in [2.24, 2.45) is 10.9 Å². The van der Waals surface area contributed by atoms with E-state index >= 15 is 0 Å². The number of methoxy groups -OCH3 is 1. The summed E-state index contributed by atoms with van der Waals surface area (Å²) in [5.74, 6) is 1.48. The molecule has 0 unspecified atom stereocenters. The molecule has 8 nitrogen and oxygen atoms in total. The molecule has 0 saturated heterocycles. The fourth-order valence-corrected chi connectivity index (χ4v) is 3.66. The van der Waals surface area contributed by atoms with Crippen molar-refractivity contribution in [1.82, 2.24) is 20.3 Å². The maximum atomic E-state index is 12.7. The highest BCUT2D eigenvalue weighted by atomic mass is 16.5. The first kappa shape index (κ1) is 23.2. The molecule has 0 radical (unpaired) electrons. The summed E-state index contributed by atoms with van der Waals surface area (Å²) < 4.78 is 5.35. The van der Waals surface area contributed by atoms with E-state index in [9.17, 15) is 4.79 Å². The Morgan fingerprint density at radius 2 is 1.88 bits per heavy atom. The van der Waals surface area contributed by atoms with Crippen LogP contribution in [0.4, 0.5) is 5.95 Å². The van der Waals surface area contributed by atoms with E-state index in [1.54, 1.807) is 7.11 Å². The van der Waals surface area contributed by atoms with Crippen molar-refractivity contribution in [3.8, 4) is 5.75 Å². The van der Waals surface area contributed by atoms with E-state index in [0.717, 1.165) is 46.4 Å². The summed E-state index contributed by atoms with van der Waals surface area (Å²) in [5.41, 5.74) is 3.88. The molecule has 3 N–H and O–H groups in total. The molecule has 3 rings (SSSR count). The highest BCUT2D eigenvalue weighted by Crippen LogP contribution is 2.24. The number of aliphatic imine (C=N–C) groups is 1. The van der Waals surface area contributed by atoms with Gasteiger partial charge in [0.05, 0.1) is 7.11 Å². The molecule has 0 atom stereocenters. The summed E-state index contributed by atoms with van der Waals surface area (Å²) in [6, 6.07) is 7.85. The quantitative estimate of drug-likeness (QED) is 0.364. The van der Waals surface area contributed by atoms with Crippen molar-refractivity contribution in [2.45, 2.75) is 47.0 Å². The number of hydrogen-bond donors (Lipinski definition) is 3. The lowest BCUT2D eigenvalue weighted by molar-refractivity contribution is -0.123. The Hall–Kier alpha value is -3.42. The van der Waals surface area contributed by atoms with Crippen LogP contribution in [0.3, 0.4) is 0 Å². The van der Waals surface area contributed by atoms with Crippen LogP contribution in [0.1, 0.15) is 43.6 Å². The lowest BCUT2D eigenvalue weighted by Gasteiger charge is -2.15. The Labute approximate surface area is 188 Å². The minimum atomic E-state index is -0.0664. The Morgan fingerprint density at radius 1 is 1.16 bits per heavy atom. The molecule has 1 amide bonds. The number of ether oxygens (including phenoxy) is 1. The van der Waals surface area contributed by atoms with Gasteiger partial charge in [-0.1, -0.05) is 13.8 Å². The third-order valence-corrected chi connectivity index (χ3v) is 5.44. The second-order valence-corrected chi connectivity index (χ2v) is 7.81. The van der Waals surface area contributed by atoms with Crippen LogP contribution in [0.15, 0.2) is 35.5 Å². The van der Waals surface area contributed by atoms with Gasteiger partial charge >= 0.3 is 0 Å². The minimum Gasteiger partial charge on any atom is -0.497 e. The third-order valence-electron chi connectivity index (χ3n) is 5.44. The van der Waals surface area contributed by atoms with Gasteiger partial charge in [-0.05, 0) is 62.9 Å². The molecule has 0 aliphatic carbocycles. The number of carbonyl (C=O) groups is 1. The van der Waals surface area contributed by atoms with Gasteiger partial charge in [0.15, 0.2) is 0 Å². The first-order chi connectivity index (χ1) is 15.4. The smallest absolute Gasteiger partial charge is 0.229 e. The molecule has 0 bridgehead atoms. The van der Waals surface area contributed by atoms with Gasteiger partial charge in [-0.3, -0.25) is 20.4 Å². The van der Waals surface area contributed by atoms with Crippen molar-refractivity contribution in [1.29, 1.82) is 0 Å². The molecule has 0 aliphatic rings. The number of aryl methyl sites for hydroxylation is 2. The number of carbonyl (C=O) groups excluding carboxylic acids is 1. The van der Waals surface area contributed by atoms with Crippen LogP contribution in [0.25, 0.3) is 10.9 Å². The average Bonchev–Trinajstić information content (AvgIpc) is 3.16. The van der Waals surface area contributed by atoms with Crippen molar-refractivity contribution in [2.75, 3.05) is 19.0 Å². The zero-order valence-corrected chi connectivity index (χ0v) is 19.5. The molecule has 3 aromatic rings. The van der Waals surface area contributed by atoms with Crippen LogP contribution in [0.2, 0.25) is 0 Å². The molecule has 32 heavy (non-hydrogen) atoms. The van der Waals surface area contributed by atoms with E-state index in [0.29, 0.717) is 24.9 Å². The first-order valence-corrected chi connectivity index (χ1v) is 11.0. The van der Waals surface area contributed by atoms with E-state index in [4.69, 9.17) is 4.74 Å². The summed E-state index contributed by atoms with van der Waals surface area (Å²) in [7, 11) is 1.66. The van der Waals surface area contributed by atoms with Crippen LogP contribution >= 0.6 is 0 Å². The van der Waals surface area contributed by atoms with Crippen LogP contribution in [0, 0.1) is 19.8 Å². The molecule has 1 aromatic carbocycles. The first-order valence-electron chi connectivity index (χ1n) is 11.0. The molecule has 2 heterocycles. The number of benzene rings is 1. The Morgan fingerprint density at radius 3 is 2.53 bits per heavy atom. The number of guanidine groups is 1. The number of H-pyrrole nitrogens is 1. The average molecular weight is 437 g/mol. The Bertz CT molecular complexity index is 1080. The summed E-state index contributed by atoms with van der Waals surface area (Å²) in [6.07, 6.45) is 4.23. The number of anilines is 1. The molecule has 8 heteroatoms.